The van der Waals surface area contributed by atoms with Crippen molar-refractivity contribution in [3.05, 3.63) is 0 Å². The van der Waals surface area contributed by atoms with E-state index in [-0.39, 0.29) is 8.14 Å². The predicted molar refractivity (Wildman–Crippen MR) is 97.2 cm³/mol. The van der Waals surface area contributed by atoms with Crippen LogP contribution in [0.2, 0.25) is 5.04 Å². The number of hydrogen-bond acceptors (Lipinski definition) is 0. The molecule has 0 aliphatic carbocycles. The van der Waals surface area contributed by atoms with Gasteiger partial charge in [-0.3, -0.25) is 0 Å². The van der Waals surface area contributed by atoms with E-state index in [2.05, 4.69) is 36.1 Å². The van der Waals surface area contributed by atoms with Crippen LogP contribution in [-0.4, -0.2) is 8.14 Å². The molecule has 116 valence electrons. The summed E-state index contributed by atoms with van der Waals surface area (Å²) in [4.78, 5) is 0. The van der Waals surface area contributed by atoms with Crippen LogP contribution in [-0.2, 0) is 0 Å². The van der Waals surface area contributed by atoms with Crippen molar-refractivity contribution in [2.75, 3.05) is 0 Å². The van der Waals surface area contributed by atoms with Crippen LogP contribution in [0.5, 0.6) is 0 Å². The highest BCUT2D eigenvalue weighted by atomic mass is 79.9. The number of halogens is 1. The molecule has 0 aromatic carbocycles. The molecule has 0 amide bonds. The molecule has 0 nitrogen and oxygen atoms in total. The second-order valence-electron chi connectivity index (χ2n) is 6.94. The van der Waals surface area contributed by atoms with Crippen molar-refractivity contribution in [1.82, 2.24) is 0 Å². The Bertz CT molecular complexity index is 180. The molecule has 0 aromatic heterocycles. The molecule has 0 unspecified atom stereocenters. The van der Waals surface area contributed by atoms with E-state index in [1.807, 2.05) is 0 Å². The summed E-state index contributed by atoms with van der Waals surface area (Å²) < 4.78 is 0. The first kappa shape index (κ1) is 19.7. The minimum absolute atomic E-state index is 0.00560. The van der Waals surface area contributed by atoms with Gasteiger partial charge in [-0.15, -0.1) is 15.3 Å². The van der Waals surface area contributed by atoms with Crippen LogP contribution < -0.4 is 0 Å². The molecule has 0 rings (SSSR count). The van der Waals surface area contributed by atoms with Crippen LogP contribution in [0, 0.1) is 0 Å². The third-order valence-electron chi connectivity index (χ3n) is 4.07. The molecular weight excluding hydrogens is 312 g/mol. The molecule has 0 fully saturated rings. The van der Waals surface area contributed by atoms with Crippen LogP contribution >= 0.6 is 15.3 Å². The summed E-state index contributed by atoms with van der Waals surface area (Å²) in [7, 11) is -0.00560. The molecule has 0 saturated heterocycles. The Morgan fingerprint density at radius 2 is 1.05 bits per heavy atom. The Morgan fingerprint density at radius 3 is 1.42 bits per heavy atom. The van der Waals surface area contributed by atoms with Crippen molar-refractivity contribution in [3.63, 3.8) is 0 Å². The standard InChI is InChI=1S/C17H37BrSi/c1-4-5-6-7-8-9-10-11-12-13-14-15-16-17(2,3)19-18/h4-16,19H2,1-3H3. The first-order valence-electron chi connectivity index (χ1n) is 8.68. The highest BCUT2D eigenvalue weighted by Gasteiger charge is 2.15. The van der Waals surface area contributed by atoms with E-state index in [1.54, 1.807) is 0 Å². The zero-order valence-electron chi connectivity index (χ0n) is 13.8. The fourth-order valence-corrected chi connectivity index (χ4v) is 3.74. The fourth-order valence-electron chi connectivity index (χ4n) is 2.51. The van der Waals surface area contributed by atoms with Gasteiger partial charge in [0.05, 0.1) is 0 Å². The second kappa shape index (κ2) is 13.7. The van der Waals surface area contributed by atoms with E-state index in [9.17, 15) is 0 Å². The molecule has 0 radical (unpaired) electrons. The van der Waals surface area contributed by atoms with Crippen LogP contribution in [0.15, 0.2) is 0 Å². The third kappa shape index (κ3) is 14.9. The Labute approximate surface area is 132 Å². The number of rotatable bonds is 14. The van der Waals surface area contributed by atoms with E-state index in [4.69, 9.17) is 0 Å². The lowest BCUT2D eigenvalue weighted by Gasteiger charge is -2.20. The molecule has 0 aliphatic rings. The van der Waals surface area contributed by atoms with Gasteiger partial charge in [0.2, 0.25) is 0 Å². The zero-order valence-corrected chi connectivity index (χ0v) is 16.8. The van der Waals surface area contributed by atoms with Gasteiger partial charge in [0.25, 0.3) is 0 Å². The molecule has 0 aliphatic heterocycles. The van der Waals surface area contributed by atoms with Gasteiger partial charge in [-0.1, -0.05) is 104 Å². The fraction of sp³-hybridized carbons (Fsp3) is 1.00. The first-order valence-corrected chi connectivity index (χ1v) is 13.3. The molecule has 19 heavy (non-hydrogen) atoms. The minimum atomic E-state index is -0.00560. The lowest BCUT2D eigenvalue weighted by Crippen LogP contribution is -2.07. The van der Waals surface area contributed by atoms with Crippen LogP contribution in [0.25, 0.3) is 0 Å². The van der Waals surface area contributed by atoms with Gasteiger partial charge >= 0.3 is 0 Å². The summed E-state index contributed by atoms with van der Waals surface area (Å²) >= 11 is 3.74. The summed E-state index contributed by atoms with van der Waals surface area (Å²) in [5, 5.41) is 0.637. The van der Waals surface area contributed by atoms with E-state index < -0.39 is 0 Å². The van der Waals surface area contributed by atoms with Crippen molar-refractivity contribution in [1.29, 1.82) is 0 Å². The molecule has 0 bridgehead atoms. The molecule has 2 heteroatoms. The van der Waals surface area contributed by atoms with Crippen molar-refractivity contribution in [3.8, 4) is 0 Å². The molecule has 0 N–H and O–H groups in total. The maximum absolute atomic E-state index is 3.74. The van der Waals surface area contributed by atoms with Crippen LogP contribution in [0.1, 0.15) is 104 Å². The Kier molecular flexibility index (Phi) is 14.2. The largest absolute Gasteiger partial charge is 0.135 e. The topological polar surface area (TPSA) is 0 Å². The quantitative estimate of drug-likeness (QED) is 0.185. The average molecular weight is 349 g/mol. The molecular formula is C17H37BrSi. The second-order valence-corrected chi connectivity index (χ2v) is 10.8. The molecule has 0 saturated carbocycles. The van der Waals surface area contributed by atoms with E-state index >= 15 is 0 Å². The number of hydrogen-bond donors (Lipinski definition) is 0. The van der Waals surface area contributed by atoms with Crippen molar-refractivity contribution in [2.45, 2.75) is 109 Å². The maximum Gasteiger partial charge on any atom is 0.104 e. The Balaban J connectivity index is 3.07. The lowest BCUT2D eigenvalue weighted by atomic mass is 10.0. The summed E-state index contributed by atoms with van der Waals surface area (Å²) in [5.41, 5.74) is 0. The summed E-state index contributed by atoms with van der Waals surface area (Å²) in [5.74, 6) is 0. The third-order valence-corrected chi connectivity index (χ3v) is 9.70. The van der Waals surface area contributed by atoms with Crippen molar-refractivity contribution in [2.24, 2.45) is 0 Å². The first-order chi connectivity index (χ1) is 9.12. The van der Waals surface area contributed by atoms with Crippen molar-refractivity contribution >= 4 is 23.4 Å². The van der Waals surface area contributed by atoms with Crippen LogP contribution in [0.4, 0.5) is 0 Å². The summed E-state index contributed by atoms with van der Waals surface area (Å²) in [6.45, 7) is 7.14. The van der Waals surface area contributed by atoms with Gasteiger partial charge in [-0.05, 0) is 5.04 Å². The Morgan fingerprint density at radius 1 is 0.684 bits per heavy atom. The average Bonchev–Trinajstić information content (AvgIpc) is 2.40. The molecule has 0 heterocycles. The predicted octanol–water partition coefficient (Wildman–Crippen LogP) is 6.75. The number of unbranched alkanes of at least 4 members (excludes halogenated alkanes) is 11. The van der Waals surface area contributed by atoms with Crippen molar-refractivity contribution < 1.29 is 0 Å². The van der Waals surface area contributed by atoms with Gasteiger partial charge in [-0.25, -0.2) is 0 Å². The lowest BCUT2D eigenvalue weighted by molar-refractivity contribution is 0.513. The highest BCUT2D eigenvalue weighted by Crippen LogP contribution is 2.31. The van der Waals surface area contributed by atoms with Gasteiger partial charge in [0.15, 0.2) is 0 Å². The minimum Gasteiger partial charge on any atom is -0.135 e. The zero-order chi connectivity index (χ0) is 14.4. The molecule has 0 aromatic rings. The van der Waals surface area contributed by atoms with E-state index in [1.165, 1.54) is 83.5 Å². The van der Waals surface area contributed by atoms with E-state index in [0.717, 1.165) is 0 Å². The SMILES string of the molecule is CCCCCCCCCCCCCCC(C)(C)[SiH2]Br. The normalized spacial score (nSPS) is 12.6. The van der Waals surface area contributed by atoms with Gasteiger partial charge < -0.3 is 0 Å². The Hall–Kier alpha value is 0.697. The summed E-state index contributed by atoms with van der Waals surface area (Å²) in [6, 6.07) is 0. The molecule has 0 atom stereocenters. The van der Waals surface area contributed by atoms with Gasteiger partial charge in [0, 0.05) is 0 Å². The van der Waals surface area contributed by atoms with E-state index in [0.29, 0.717) is 5.04 Å². The monoisotopic (exact) mass is 348 g/mol. The highest BCUT2D eigenvalue weighted by molar-refractivity contribution is 9.23. The van der Waals surface area contributed by atoms with Gasteiger partial charge in [0.1, 0.15) is 8.14 Å². The summed E-state index contributed by atoms with van der Waals surface area (Å²) in [6.07, 6.45) is 18.9. The van der Waals surface area contributed by atoms with Gasteiger partial charge in [-0.2, -0.15) is 0 Å². The molecule has 0 spiro atoms. The smallest absolute Gasteiger partial charge is 0.104 e. The maximum atomic E-state index is 3.74. The van der Waals surface area contributed by atoms with Crippen LogP contribution in [0.3, 0.4) is 0 Å².